The lowest BCUT2D eigenvalue weighted by atomic mass is 10.1. The van der Waals surface area contributed by atoms with Crippen LogP contribution in [0.1, 0.15) is 23.2 Å². The van der Waals surface area contributed by atoms with Crippen molar-refractivity contribution in [2.24, 2.45) is 0 Å². The molecule has 1 heterocycles. The highest BCUT2D eigenvalue weighted by Gasteiger charge is 2.22. The molecule has 0 aliphatic carbocycles. The van der Waals surface area contributed by atoms with Crippen molar-refractivity contribution < 1.29 is 24.6 Å². The number of rotatable bonds is 6. The van der Waals surface area contributed by atoms with Crippen molar-refractivity contribution in [2.45, 2.75) is 18.9 Å². The van der Waals surface area contributed by atoms with Gasteiger partial charge in [-0.05, 0) is 34.5 Å². The van der Waals surface area contributed by atoms with Crippen LogP contribution < -0.4 is 5.32 Å². The molecule has 1 aromatic rings. The summed E-state index contributed by atoms with van der Waals surface area (Å²) < 4.78 is 0.287. The van der Waals surface area contributed by atoms with Crippen molar-refractivity contribution in [3.05, 3.63) is 28.5 Å². The molecule has 0 unspecified atom stereocenters. The molecule has 0 radical (unpaired) electrons. The van der Waals surface area contributed by atoms with Crippen molar-refractivity contribution in [2.75, 3.05) is 0 Å². The van der Waals surface area contributed by atoms with Gasteiger partial charge in [-0.1, -0.05) is 0 Å². The first-order valence-corrected chi connectivity index (χ1v) is 6.07. The lowest BCUT2D eigenvalue weighted by Crippen LogP contribution is -2.41. The second-order valence-electron chi connectivity index (χ2n) is 3.64. The van der Waals surface area contributed by atoms with E-state index < -0.39 is 23.9 Å². The van der Waals surface area contributed by atoms with E-state index in [4.69, 9.17) is 10.2 Å². The summed E-state index contributed by atoms with van der Waals surface area (Å²) in [6.07, 6.45) is 0.944. The summed E-state index contributed by atoms with van der Waals surface area (Å²) >= 11 is 3.07. The van der Waals surface area contributed by atoms with E-state index in [0.717, 1.165) is 0 Å². The fourth-order valence-electron chi connectivity index (χ4n) is 1.32. The van der Waals surface area contributed by atoms with Gasteiger partial charge in [-0.2, -0.15) is 0 Å². The van der Waals surface area contributed by atoms with Gasteiger partial charge in [0, 0.05) is 12.6 Å². The number of nitrogens with zero attached hydrogens (tertiary/aromatic N) is 1. The Hall–Kier alpha value is -1.96. The van der Waals surface area contributed by atoms with Gasteiger partial charge in [0.1, 0.15) is 10.6 Å². The van der Waals surface area contributed by atoms with Crippen LogP contribution in [-0.2, 0) is 9.59 Å². The Labute approximate surface area is 116 Å². The number of aliphatic carboxylic acids is 2. The first kappa shape index (κ1) is 15.1. The zero-order valence-corrected chi connectivity index (χ0v) is 11.3. The molecule has 0 aliphatic rings. The van der Waals surface area contributed by atoms with Gasteiger partial charge in [0.05, 0.1) is 5.56 Å². The maximum atomic E-state index is 11.8. The average molecular weight is 331 g/mol. The number of amides is 1. The van der Waals surface area contributed by atoms with Gasteiger partial charge in [-0.25, -0.2) is 9.78 Å². The fourth-order valence-corrected chi connectivity index (χ4v) is 1.75. The minimum atomic E-state index is -1.28. The van der Waals surface area contributed by atoms with Crippen molar-refractivity contribution in [1.82, 2.24) is 10.3 Å². The molecule has 1 amide bonds. The standard InChI is InChI=1S/C11H11BrN2O5/c12-9-6(2-1-5-13-9)10(17)14-7(11(18)19)3-4-8(15)16/h1-2,5,7H,3-4H2,(H,14,17)(H,15,16)(H,18,19)/t7-/m0/s1. The predicted octanol–water partition coefficient (Wildman–Crippen LogP) is 0.892. The number of carboxylic acids is 2. The SMILES string of the molecule is O=C(O)CC[C@H](NC(=O)c1cccnc1Br)C(=O)O. The summed E-state index contributed by atoms with van der Waals surface area (Å²) in [6.45, 7) is 0. The summed E-state index contributed by atoms with van der Waals surface area (Å²) in [5.41, 5.74) is 0.184. The zero-order valence-electron chi connectivity index (χ0n) is 9.67. The van der Waals surface area contributed by atoms with Crippen molar-refractivity contribution in [1.29, 1.82) is 0 Å². The number of aromatic nitrogens is 1. The third-order valence-corrected chi connectivity index (χ3v) is 2.89. The molecule has 1 atom stereocenters. The van der Waals surface area contributed by atoms with E-state index >= 15 is 0 Å². The zero-order chi connectivity index (χ0) is 14.4. The molecule has 0 saturated heterocycles. The Morgan fingerprint density at radius 2 is 2.05 bits per heavy atom. The van der Waals surface area contributed by atoms with Crippen molar-refractivity contribution in [3.63, 3.8) is 0 Å². The van der Waals surface area contributed by atoms with Gasteiger partial charge in [-0.15, -0.1) is 0 Å². The Morgan fingerprint density at radius 3 is 2.58 bits per heavy atom. The largest absolute Gasteiger partial charge is 0.481 e. The summed E-state index contributed by atoms with van der Waals surface area (Å²) in [6, 6.07) is 1.76. The minimum Gasteiger partial charge on any atom is -0.481 e. The maximum Gasteiger partial charge on any atom is 0.326 e. The first-order valence-electron chi connectivity index (χ1n) is 5.27. The van der Waals surface area contributed by atoms with Crippen LogP contribution in [0.4, 0.5) is 0 Å². The molecule has 0 saturated carbocycles. The molecule has 3 N–H and O–H groups in total. The van der Waals surface area contributed by atoms with Crippen LogP contribution in [-0.4, -0.2) is 39.1 Å². The smallest absolute Gasteiger partial charge is 0.326 e. The second kappa shape index (κ2) is 6.83. The van der Waals surface area contributed by atoms with Crippen LogP contribution in [0.3, 0.4) is 0 Å². The Kier molecular flexibility index (Phi) is 5.43. The second-order valence-corrected chi connectivity index (χ2v) is 4.39. The molecule has 0 bridgehead atoms. The van der Waals surface area contributed by atoms with Crippen LogP contribution in [0.15, 0.2) is 22.9 Å². The van der Waals surface area contributed by atoms with E-state index in [0.29, 0.717) is 0 Å². The van der Waals surface area contributed by atoms with E-state index in [2.05, 4.69) is 26.2 Å². The average Bonchev–Trinajstić information content (AvgIpc) is 2.34. The number of nitrogens with one attached hydrogen (secondary N) is 1. The number of carbonyl (C=O) groups is 3. The minimum absolute atomic E-state index is 0.184. The molecular weight excluding hydrogens is 320 g/mol. The van der Waals surface area contributed by atoms with E-state index in [9.17, 15) is 14.4 Å². The molecule has 19 heavy (non-hydrogen) atoms. The van der Waals surface area contributed by atoms with E-state index in [1.54, 1.807) is 0 Å². The van der Waals surface area contributed by atoms with E-state index in [1.807, 2.05) is 0 Å². The summed E-state index contributed by atoms with van der Waals surface area (Å²) in [5.74, 6) is -3.03. The quantitative estimate of drug-likeness (QED) is 0.667. The van der Waals surface area contributed by atoms with Crippen LogP contribution >= 0.6 is 15.9 Å². The molecule has 1 rings (SSSR count). The molecule has 0 spiro atoms. The number of carboxylic acid groups (broad SMARTS) is 2. The molecular formula is C11H11BrN2O5. The normalized spacial score (nSPS) is 11.6. The third kappa shape index (κ3) is 4.66. The summed E-state index contributed by atoms with van der Waals surface area (Å²) in [7, 11) is 0. The van der Waals surface area contributed by atoms with Gasteiger partial charge in [0.25, 0.3) is 5.91 Å². The topological polar surface area (TPSA) is 117 Å². The van der Waals surface area contributed by atoms with Crippen molar-refractivity contribution >= 4 is 33.8 Å². The highest BCUT2D eigenvalue weighted by Crippen LogP contribution is 2.12. The van der Waals surface area contributed by atoms with E-state index in [-0.39, 0.29) is 23.0 Å². The third-order valence-electron chi connectivity index (χ3n) is 2.25. The van der Waals surface area contributed by atoms with Gasteiger partial charge in [0.15, 0.2) is 0 Å². The van der Waals surface area contributed by atoms with Crippen LogP contribution in [0.5, 0.6) is 0 Å². The van der Waals surface area contributed by atoms with Crippen LogP contribution in [0.25, 0.3) is 0 Å². The highest BCUT2D eigenvalue weighted by molar-refractivity contribution is 9.10. The highest BCUT2D eigenvalue weighted by atomic mass is 79.9. The van der Waals surface area contributed by atoms with Crippen molar-refractivity contribution in [3.8, 4) is 0 Å². The number of halogens is 1. The lowest BCUT2D eigenvalue weighted by molar-refractivity contribution is -0.140. The molecule has 8 heteroatoms. The van der Waals surface area contributed by atoms with E-state index in [1.165, 1.54) is 18.3 Å². The fraction of sp³-hybridized carbons (Fsp3) is 0.273. The lowest BCUT2D eigenvalue weighted by Gasteiger charge is -2.13. The maximum absolute atomic E-state index is 11.8. The summed E-state index contributed by atoms with van der Waals surface area (Å²) in [5, 5.41) is 19.7. The molecule has 0 fully saturated rings. The molecule has 0 aliphatic heterocycles. The van der Waals surface area contributed by atoms with Crippen LogP contribution in [0.2, 0.25) is 0 Å². The van der Waals surface area contributed by atoms with Crippen LogP contribution in [0, 0.1) is 0 Å². The number of carbonyl (C=O) groups excluding carboxylic acids is 1. The molecule has 1 aromatic heterocycles. The van der Waals surface area contributed by atoms with Gasteiger partial charge in [-0.3, -0.25) is 9.59 Å². The molecule has 0 aromatic carbocycles. The molecule has 7 nitrogen and oxygen atoms in total. The Morgan fingerprint density at radius 1 is 1.37 bits per heavy atom. The summed E-state index contributed by atoms with van der Waals surface area (Å²) in [4.78, 5) is 37.0. The Bertz CT molecular complexity index is 506. The van der Waals surface area contributed by atoms with Gasteiger partial charge >= 0.3 is 11.9 Å². The predicted molar refractivity (Wildman–Crippen MR) is 67.7 cm³/mol. The number of pyridine rings is 1. The number of hydrogen-bond donors (Lipinski definition) is 3. The number of hydrogen-bond acceptors (Lipinski definition) is 4. The Balaban J connectivity index is 2.74. The van der Waals surface area contributed by atoms with Gasteiger partial charge in [0.2, 0.25) is 0 Å². The van der Waals surface area contributed by atoms with Gasteiger partial charge < -0.3 is 15.5 Å². The monoisotopic (exact) mass is 330 g/mol. The molecule has 102 valence electrons. The first-order chi connectivity index (χ1) is 8.91.